The second-order valence-corrected chi connectivity index (χ2v) is 6.89. The maximum Gasteiger partial charge on any atom is 0.191 e. The molecule has 2 aliphatic rings. The molecule has 24 heavy (non-hydrogen) atoms. The van der Waals surface area contributed by atoms with Crippen LogP contribution in [-0.2, 0) is 6.42 Å². The van der Waals surface area contributed by atoms with E-state index >= 15 is 0 Å². The van der Waals surface area contributed by atoms with E-state index < -0.39 is 0 Å². The summed E-state index contributed by atoms with van der Waals surface area (Å²) in [5, 5.41) is 7.01. The van der Waals surface area contributed by atoms with E-state index in [1.807, 2.05) is 18.3 Å². The van der Waals surface area contributed by atoms with Crippen molar-refractivity contribution in [2.24, 2.45) is 4.99 Å². The van der Waals surface area contributed by atoms with Crippen molar-refractivity contribution in [3.8, 4) is 0 Å². The maximum absolute atomic E-state index is 4.73. The smallest absolute Gasteiger partial charge is 0.191 e. The van der Waals surface area contributed by atoms with Gasteiger partial charge in [-0.05, 0) is 38.3 Å². The van der Waals surface area contributed by atoms with Gasteiger partial charge in [-0.2, -0.15) is 0 Å². The Balaban J connectivity index is 1.47. The minimum Gasteiger partial charge on any atom is -0.357 e. The van der Waals surface area contributed by atoms with Crippen LogP contribution in [0.4, 0.5) is 0 Å². The molecule has 1 aromatic rings. The van der Waals surface area contributed by atoms with Gasteiger partial charge in [0.05, 0.1) is 0 Å². The monoisotopic (exact) mass is 329 g/mol. The largest absolute Gasteiger partial charge is 0.357 e. The molecule has 2 N–H and O–H groups in total. The lowest BCUT2D eigenvalue weighted by molar-refractivity contribution is 0.242. The van der Waals surface area contributed by atoms with E-state index in [4.69, 9.17) is 4.99 Å². The Bertz CT molecular complexity index is 510. The Labute approximate surface area is 146 Å². The van der Waals surface area contributed by atoms with Crippen molar-refractivity contribution >= 4 is 5.96 Å². The number of rotatable bonds is 6. The quantitative estimate of drug-likeness (QED) is 0.620. The summed E-state index contributed by atoms with van der Waals surface area (Å²) in [4.78, 5) is 11.8. The molecule has 1 aromatic heterocycles. The highest BCUT2D eigenvalue weighted by Gasteiger charge is 2.30. The third-order valence-corrected chi connectivity index (χ3v) is 5.11. The fraction of sp³-hybridized carbons (Fsp3) is 0.684. The van der Waals surface area contributed by atoms with Crippen molar-refractivity contribution in [1.82, 2.24) is 20.5 Å². The zero-order valence-corrected chi connectivity index (χ0v) is 14.9. The van der Waals surface area contributed by atoms with Crippen LogP contribution >= 0.6 is 0 Å². The van der Waals surface area contributed by atoms with Crippen molar-refractivity contribution in [3.05, 3.63) is 30.1 Å². The summed E-state index contributed by atoms with van der Waals surface area (Å²) in [6.45, 7) is 6.18. The molecule has 1 saturated carbocycles. The van der Waals surface area contributed by atoms with Crippen LogP contribution in [0.15, 0.2) is 29.4 Å². The number of aromatic nitrogens is 1. The first kappa shape index (κ1) is 17.2. The number of pyridine rings is 1. The van der Waals surface area contributed by atoms with Crippen molar-refractivity contribution < 1.29 is 0 Å². The molecule has 1 aliphatic heterocycles. The number of guanidine groups is 1. The highest BCUT2D eigenvalue weighted by molar-refractivity contribution is 5.80. The summed E-state index contributed by atoms with van der Waals surface area (Å²) in [5.74, 6) is 0.951. The molecular weight excluding hydrogens is 298 g/mol. The summed E-state index contributed by atoms with van der Waals surface area (Å²) in [6.07, 6.45) is 9.57. The second-order valence-electron chi connectivity index (χ2n) is 6.89. The topological polar surface area (TPSA) is 52.6 Å². The molecular formula is C19H31N5. The number of nitrogens with one attached hydrogen (secondary N) is 2. The van der Waals surface area contributed by atoms with Gasteiger partial charge in [-0.15, -0.1) is 0 Å². The van der Waals surface area contributed by atoms with Crippen molar-refractivity contribution in [2.75, 3.05) is 26.2 Å². The first-order valence-electron chi connectivity index (χ1n) is 9.54. The van der Waals surface area contributed by atoms with E-state index in [0.29, 0.717) is 6.04 Å². The molecule has 1 unspecified atom stereocenters. The van der Waals surface area contributed by atoms with Crippen LogP contribution in [-0.4, -0.2) is 54.1 Å². The Kier molecular flexibility index (Phi) is 6.47. The summed E-state index contributed by atoms with van der Waals surface area (Å²) >= 11 is 0. The molecule has 0 aromatic carbocycles. The Morgan fingerprint density at radius 1 is 1.29 bits per heavy atom. The third kappa shape index (κ3) is 4.94. The first-order valence-corrected chi connectivity index (χ1v) is 9.54. The Morgan fingerprint density at radius 3 is 2.92 bits per heavy atom. The number of hydrogen-bond acceptors (Lipinski definition) is 3. The number of likely N-dealkylation sites (tertiary alicyclic amines) is 1. The minimum absolute atomic E-state index is 0.526. The van der Waals surface area contributed by atoms with Crippen LogP contribution in [0.1, 0.15) is 44.7 Å². The maximum atomic E-state index is 4.73. The number of nitrogens with zero attached hydrogens (tertiary/aromatic N) is 3. The summed E-state index contributed by atoms with van der Waals surface area (Å²) < 4.78 is 0. The summed E-state index contributed by atoms with van der Waals surface area (Å²) in [7, 11) is 0. The first-order chi connectivity index (χ1) is 11.8. The van der Waals surface area contributed by atoms with Gasteiger partial charge in [0.1, 0.15) is 0 Å². The van der Waals surface area contributed by atoms with Gasteiger partial charge in [-0.1, -0.05) is 18.9 Å². The van der Waals surface area contributed by atoms with Crippen LogP contribution in [0, 0.1) is 0 Å². The second kappa shape index (κ2) is 9.02. The van der Waals surface area contributed by atoms with Gasteiger partial charge in [0.15, 0.2) is 5.96 Å². The van der Waals surface area contributed by atoms with Crippen molar-refractivity contribution in [3.63, 3.8) is 0 Å². The average molecular weight is 329 g/mol. The highest BCUT2D eigenvalue weighted by Crippen LogP contribution is 2.26. The van der Waals surface area contributed by atoms with Crippen LogP contribution < -0.4 is 10.6 Å². The zero-order valence-electron chi connectivity index (χ0n) is 14.9. The van der Waals surface area contributed by atoms with Crippen molar-refractivity contribution in [2.45, 2.75) is 57.5 Å². The van der Waals surface area contributed by atoms with E-state index in [9.17, 15) is 0 Å². The van der Waals surface area contributed by atoms with E-state index in [1.54, 1.807) is 0 Å². The van der Waals surface area contributed by atoms with Gasteiger partial charge in [0.2, 0.25) is 0 Å². The van der Waals surface area contributed by atoms with Gasteiger partial charge in [-0.3, -0.25) is 14.9 Å². The van der Waals surface area contributed by atoms with Crippen LogP contribution in [0.25, 0.3) is 0 Å². The molecule has 132 valence electrons. The van der Waals surface area contributed by atoms with E-state index in [-0.39, 0.29) is 0 Å². The normalized spacial score (nSPS) is 22.9. The molecule has 2 fully saturated rings. The van der Waals surface area contributed by atoms with E-state index in [0.717, 1.165) is 43.8 Å². The highest BCUT2D eigenvalue weighted by atomic mass is 15.3. The SMILES string of the molecule is CCNC(=NCCc1ccccn1)NC1CCN(C2CCCC2)C1. The van der Waals surface area contributed by atoms with Gasteiger partial charge >= 0.3 is 0 Å². The minimum atomic E-state index is 0.526. The van der Waals surface area contributed by atoms with Crippen LogP contribution in [0.5, 0.6) is 0 Å². The molecule has 5 nitrogen and oxygen atoms in total. The van der Waals surface area contributed by atoms with E-state index in [1.165, 1.54) is 38.6 Å². The Morgan fingerprint density at radius 2 is 2.17 bits per heavy atom. The third-order valence-electron chi connectivity index (χ3n) is 5.11. The van der Waals surface area contributed by atoms with Gasteiger partial charge < -0.3 is 10.6 Å². The standard InChI is InChI=1S/C19H31N5/c1-2-20-19(22-13-10-16-7-5-6-12-21-16)23-17-11-14-24(15-17)18-8-3-4-9-18/h5-7,12,17-18H,2-4,8-11,13-15H2,1H3,(H2,20,22,23). The fourth-order valence-corrected chi connectivity index (χ4v) is 3.85. The van der Waals surface area contributed by atoms with Gasteiger partial charge in [0, 0.05) is 56.6 Å². The summed E-state index contributed by atoms with van der Waals surface area (Å²) in [6, 6.07) is 7.41. The van der Waals surface area contributed by atoms with Gasteiger partial charge in [-0.25, -0.2) is 0 Å². The number of hydrogen-bond donors (Lipinski definition) is 2. The van der Waals surface area contributed by atoms with Crippen molar-refractivity contribution in [1.29, 1.82) is 0 Å². The predicted octanol–water partition coefficient (Wildman–Crippen LogP) is 2.20. The molecule has 1 atom stereocenters. The Hall–Kier alpha value is -1.62. The average Bonchev–Trinajstić information content (AvgIpc) is 3.27. The molecule has 3 rings (SSSR count). The molecule has 0 bridgehead atoms. The lowest BCUT2D eigenvalue weighted by Crippen LogP contribution is -2.45. The van der Waals surface area contributed by atoms with Crippen LogP contribution in [0.3, 0.4) is 0 Å². The molecule has 5 heteroatoms. The van der Waals surface area contributed by atoms with Gasteiger partial charge in [0.25, 0.3) is 0 Å². The molecule has 0 amide bonds. The number of aliphatic imine (C=N–C) groups is 1. The summed E-state index contributed by atoms with van der Waals surface area (Å²) in [5.41, 5.74) is 1.10. The fourth-order valence-electron chi connectivity index (χ4n) is 3.85. The lowest BCUT2D eigenvalue weighted by atomic mass is 10.2. The molecule has 0 radical (unpaired) electrons. The predicted molar refractivity (Wildman–Crippen MR) is 99.3 cm³/mol. The molecule has 2 heterocycles. The molecule has 0 spiro atoms. The molecule has 1 aliphatic carbocycles. The van der Waals surface area contributed by atoms with E-state index in [2.05, 4.69) is 33.5 Å². The molecule has 1 saturated heterocycles. The van der Waals surface area contributed by atoms with Crippen LogP contribution in [0.2, 0.25) is 0 Å². The zero-order chi connectivity index (χ0) is 16.6. The lowest BCUT2D eigenvalue weighted by Gasteiger charge is -2.24.